The largest absolute Gasteiger partial charge is 0.356 e. The first-order valence-corrected chi connectivity index (χ1v) is 8.11. The van der Waals surface area contributed by atoms with Crippen molar-refractivity contribution >= 4 is 17.3 Å². The zero-order valence-corrected chi connectivity index (χ0v) is 13.4. The number of aryl methyl sites for hydroxylation is 1. The second-order valence-electron chi connectivity index (χ2n) is 4.67. The van der Waals surface area contributed by atoms with Gasteiger partial charge in [0.15, 0.2) is 5.96 Å². The molecule has 1 aromatic carbocycles. The smallest absolute Gasteiger partial charge is 0.191 e. The molecule has 0 saturated carbocycles. The summed E-state index contributed by atoms with van der Waals surface area (Å²) in [5.41, 5.74) is 2.40. The molecule has 0 aliphatic rings. The lowest BCUT2D eigenvalue weighted by molar-refractivity contribution is 0.785. The Bertz CT molecular complexity index is 563. The molecule has 0 aliphatic heterocycles. The number of aromatic nitrogens is 1. The number of hydrogen-bond acceptors (Lipinski definition) is 3. The Morgan fingerprint density at radius 3 is 2.71 bits per heavy atom. The van der Waals surface area contributed by atoms with E-state index in [2.05, 4.69) is 45.0 Å². The van der Waals surface area contributed by atoms with E-state index in [1.807, 2.05) is 18.2 Å². The van der Waals surface area contributed by atoms with Crippen LogP contribution >= 0.6 is 11.3 Å². The van der Waals surface area contributed by atoms with Crippen LogP contribution in [0.3, 0.4) is 0 Å². The molecule has 0 radical (unpaired) electrons. The van der Waals surface area contributed by atoms with Crippen molar-refractivity contribution in [1.82, 2.24) is 15.6 Å². The molecule has 2 aromatic rings. The van der Waals surface area contributed by atoms with Gasteiger partial charge in [-0.2, -0.15) is 0 Å². The van der Waals surface area contributed by atoms with E-state index in [0.29, 0.717) is 0 Å². The SMILES string of the molecule is CCc1nc(CCNC(=NC)NCc2ccccc2)cs1. The lowest BCUT2D eigenvalue weighted by Crippen LogP contribution is -2.37. The van der Waals surface area contributed by atoms with Gasteiger partial charge in [0.25, 0.3) is 0 Å². The number of rotatable bonds is 6. The maximum absolute atomic E-state index is 4.56. The molecular weight excluding hydrogens is 280 g/mol. The average Bonchev–Trinajstić information content (AvgIpc) is 2.99. The zero-order valence-electron chi connectivity index (χ0n) is 12.6. The van der Waals surface area contributed by atoms with Gasteiger partial charge in [-0.1, -0.05) is 37.3 Å². The van der Waals surface area contributed by atoms with Crippen molar-refractivity contribution in [3.8, 4) is 0 Å². The number of benzene rings is 1. The van der Waals surface area contributed by atoms with Crippen LogP contribution in [0.15, 0.2) is 40.7 Å². The minimum Gasteiger partial charge on any atom is -0.356 e. The Labute approximate surface area is 130 Å². The summed E-state index contributed by atoms with van der Waals surface area (Å²) in [4.78, 5) is 8.80. The number of thiazole rings is 1. The summed E-state index contributed by atoms with van der Waals surface area (Å²) in [6, 6.07) is 10.3. The number of hydrogen-bond donors (Lipinski definition) is 2. The summed E-state index contributed by atoms with van der Waals surface area (Å²) in [7, 11) is 1.79. The maximum atomic E-state index is 4.56. The van der Waals surface area contributed by atoms with Gasteiger partial charge in [0, 0.05) is 31.9 Å². The molecular formula is C16H22N4S. The van der Waals surface area contributed by atoms with Crippen molar-refractivity contribution in [2.24, 2.45) is 4.99 Å². The fourth-order valence-electron chi connectivity index (χ4n) is 1.94. The van der Waals surface area contributed by atoms with Crippen molar-refractivity contribution in [3.05, 3.63) is 52.0 Å². The molecule has 0 aliphatic carbocycles. The molecule has 1 heterocycles. The van der Waals surface area contributed by atoms with Gasteiger partial charge in [-0.25, -0.2) is 4.98 Å². The number of nitrogens with one attached hydrogen (secondary N) is 2. The topological polar surface area (TPSA) is 49.3 Å². The molecule has 0 amide bonds. The van der Waals surface area contributed by atoms with Crippen LogP contribution in [-0.4, -0.2) is 24.5 Å². The maximum Gasteiger partial charge on any atom is 0.191 e. The predicted octanol–water partition coefficient (Wildman–Crippen LogP) is 2.61. The van der Waals surface area contributed by atoms with Gasteiger partial charge < -0.3 is 10.6 Å². The van der Waals surface area contributed by atoms with E-state index in [1.165, 1.54) is 10.6 Å². The molecule has 0 atom stereocenters. The van der Waals surface area contributed by atoms with Gasteiger partial charge in [-0.15, -0.1) is 11.3 Å². The Morgan fingerprint density at radius 2 is 2.05 bits per heavy atom. The van der Waals surface area contributed by atoms with Gasteiger partial charge in [0.1, 0.15) is 0 Å². The molecule has 1 aromatic heterocycles. The Kier molecular flexibility index (Phi) is 6.22. The van der Waals surface area contributed by atoms with Crippen molar-refractivity contribution < 1.29 is 0 Å². The molecule has 2 N–H and O–H groups in total. The van der Waals surface area contributed by atoms with Crippen LogP contribution in [0.2, 0.25) is 0 Å². The zero-order chi connectivity index (χ0) is 14.9. The lowest BCUT2D eigenvalue weighted by Gasteiger charge is -2.11. The normalized spacial score (nSPS) is 11.4. The lowest BCUT2D eigenvalue weighted by atomic mass is 10.2. The highest BCUT2D eigenvalue weighted by Crippen LogP contribution is 2.10. The minimum atomic E-state index is 0.775. The molecule has 2 rings (SSSR count). The Balaban J connectivity index is 1.72. The van der Waals surface area contributed by atoms with E-state index in [4.69, 9.17) is 0 Å². The van der Waals surface area contributed by atoms with Crippen LogP contribution in [0.4, 0.5) is 0 Å². The van der Waals surface area contributed by atoms with Gasteiger partial charge >= 0.3 is 0 Å². The molecule has 0 unspecified atom stereocenters. The van der Waals surface area contributed by atoms with Crippen LogP contribution in [0.5, 0.6) is 0 Å². The van der Waals surface area contributed by atoms with E-state index >= 15 is 0 Å². The van der Waals surface area contributed by atoms with Crippen LogP contribution in [0, 0.1) is 0 Å². The Morgan fingerprint density at radius 1 is 1.24 bits per heavy atom. The number of nitrogens with zero attached hydrogens (tertiary/aromatic N) is 2. The third kappa shape index (κ3) is 5.19. The van der Waals surface area contributed by atoms with Crippen LogP contribution in [-0.2, 0) is 19.4 Å². The second-order valence-corrected chi connectivity index (χ2v) is 5.62. The molecule has 0 bridgehead atoms. The molecule has 4 nitrogen and oxygen atoms in total. The highest BCUT2D eigenvalue weighted by molar-refractivity contribution is 7.09. The van der Waals surface area contributed by atoms with E-state index in [-0.39, 0.29) is 0 Å². The van der Waals surface area contributed by atoms with E-state index in [1.54, 1.807) is 18.4 Å². The number of guanidine groups is 1. The second kappa shape index (κ2) is 8.42. The van der Waals surface area contributed by atoms with Gasteiger partial charge in [-0.3, -0.25) is 4.99 Å². The minimum absolute atomic E-state index is 0.775. The van der Waals surface area contributed by atoms with Crippen LogP contribution in [0.25, 0.3) is 0 Å². The summed E-state index contributed by atoms with van der Waals surface area (Å²) in [5.74, 6) is 0.824. The highest BCUT2D eigenvalue weighted by Gasteiger charge is 2.01. The summed E-state index contributed by atoms with van der Waals surface area (Å²) in [6.07, 6.45) is 1.93. The third-order valence-electron chi connectivity index (χ3n) is 3.10. The summed E-state index contributed by atoms with van der Waals surface area (Å²) >= 11 is 1.74. The van der Waals surface area contributed by atoms with Gasteiger partial charge in [0.05, 0.1) is 10.7 Å². The van der Waals surface area contributed by atoms with Crippen molar-refractivity contribution in [1.29, 1.82) is 0 Å². The van der Waals surface area contributed by atoms with Gasteiger partial charge in [0.2, 0.25) is 0 Å². The molecule has 0 saturated heterocycles. The summed E-state index contributed by atoms with van der Waals surface area (Å²) in [5, 5.41) is 9.97. The average molecular weight is 302 g/mol. The van der Waals surface area contributed by atoms with Crippen molar-refractivity contribution in [2.45, 2.75) is 26.3 Å². The van der Waals surface area contributed by atoms with Crippen LogP contribution < -0.4 is 10.6 Å². The van der Waals surface area contributed by atoms with Crippen molar-refractivity contribution in [2.75, 3.05) is 13.6 Å². The van der Waals surface area contributed by atoms with Crippen molar-refractivity contribution in [3.63, 3.8) is 0 Å². The predicted molar refractivity (Wildman–Crippen MR) is 89.8 cm³/mol. The molecule has 21 heavy (non-hydrogen) atoms. The van der Waals surface area contributed by atoms with Gasteiger partial charge in [-0.05, 0) is 12.0 Å². The third-order valence-corrected chi connectivity index (χ3v) is 4.14. The molecule has 112 valence electrons. The molecule has 5 heteroatoms. The molecule has 0 fully saturated rings. The first kappa shape index (κ1) is 15.5. The summed E-state index contributed by atoms with van der Waals surface area (Å²) in [6.45, 7) is 3.74. The highest BCUT2D eigenvalue weighted by atomic mass is 32.1. The first-order chi connectivity index (χ1) is 10.3. The summed E-state index contributed by atoms with van der Waals surface area (Å²) < 4.78 is 0. The Hall–Kier alpha value is -1.88. The monoisotopic (exact) mass is 302 g/mol. The molecule has 0 spiro atoms. The van der Waals surface area contributed by atoms with E-state index < -0.39 is 0 Å². The standard InChI is InChI=1S/C16H22N4S/c1-3-15-20-14(12-21-15)9-10-18-16(17-2)19-11-13-7-5-4-6-8-13/h4-8,12H,3,9-11H2,1-2H3,(H2,17,18,19). The van der Waals surface area contributed by atoms with E-state index in [9.17, 15) is 0 Å². The quantitative estimate of drug-likeness (QED) is 0.637. The fraction of sp³-hybridized carbons (Fsp3) is 0.375. The first-order valence-electron chi connectivity index (χ1n) is 7.23. The van der Waals surface area contributed by atoms with E-state index in [0.717, 1.165) is 37.6 Å². The van der Waals surface area contributed by atoms with Crippen LogP contribution in [0.1, 0.15) is 23.2 Å². The number of aliphatic imine (C=N–C) groups is 1. The fourth-order valence-corrected chi connectivity index (χ4v) is 2.72.